The number of nitrogens with one attached hydrogen (secondary N) is 1. The Morgan fingerprint density at radius 2 is 2.16 bits per heavy atom. The number of rotatable bonds is 4. The van der Waals surface area contributed by atoms with Gasteiger partial charge in [0, 0.05) is 6.04 Å². The van der Waals surface area contributed by atoms with E-state index in [1.54, 1.807) is 6.92 Å². The fraction of sp³-hybridized carbons (Fsp3) is 0.538. The molecule has 19 heavy (non-hydrogen) atoms. The minimum atomic E-state index is -3.69. The first-order valence-corrected chi connectivity index (χ1v) is 7.91. The molecule has 0 spiro atoms. The Labute approximate surface area is 113 Å². The van der Waals surface area contributed by atoms with Gasteiger partial charge in [-0.1, -0.05) is 12.5 Å². The summed E-state index contributed by atoms with van der Waals surface area (Å²) in [4.78, 5) is 0.00942. The third-order valence-corrected chi connectivity index (χ3v) is 5.34. The van der Waals surface area contributed by atoms with Gasteiger partial charge >= 0.3 is 0 Å². The fourth-order valence-corrected chi connectivity index (χ4v) is 4.20. The maximum absolute atomic E-state index is 13.2. The van der Waals surface area contributed by atoms with Crippen LogP contribution >= 0.6 is 0 Å². The minimum absolute atomic E-state index is 0.00942. The molecule has 0 heterocycles. The number of nitrogens with two attached hydrogens (primary N) is 1. The van der Waals surface area contributed by atoms with E-state index < -0.39 is 15.8 Å². The van der Waals surface area contributed by atoms with Gasteiger partial charge in [-0.05, 0) is 49.9 Å². The first-order chi connectivity index (χ1) is 8.94. The largest absolute Gasteiger partial charge is 0.330 e. The standard InChI is InChI=1S/C13H19FN2O2S/c1-9-5-6-11(14)7-13(9)19(17,18)16-12-4-2-3-10(12)8-15/h5-7,10,12,16H,2-4,8,15H2,1H3. The van der Waals surface area contributed by atoms with Crippen molar-refractivity contribution in [3.8, 4) is 0 Å². The van der Waals surface area contributed by atoms with Crippen molar-refractivity contribution in [2.45, 2.75) is 37.1 Å². The highest BCUT2D eigenvalue weighted by Gasteiger charge is 2.30. The van der Waals surface area contributed by atoms with E-state index in [1.807, 2.05) is 0 Å². The number of hydrogen-bond donors (Lipinski definition) is 2. The normalized spacial score (nSPS) is 23.7. The molecule has 2 atom stereocenters. The third kappa shape index (κ3) is 3.13. The van der Waals surface area contributed by atoms with Gasteiger partial charge in [-0.15, -0.1) is 0 Å². The van der Waals surface area contributed by atoms with Crippen molar-refractivity contribution in [2.24, 2.45) is 11.7 Å². The molecular formula is C13H19FN2O2S. The van der Waals surface area contributed by atoms with Gasteiger partial charge < -0.3 is 5.73 Å². The molecule has 6 heteroatoms. The summed E-state index contributed by atoms with van der Waals surface area (Å²) in [7, 11) is -3.69. The molecule has 1 fully saturated rings. The Hall–Kier alpha value is -0.980. The highest BCUT2D eigenvalue weighted by molar-refractivity contribution is 7.89. The van der Waals surface area contributed by atoms with Gasteiger partial charge in [-0.25, -0.2) is 17.5 Å². The summed E-state index contributed by atoms with van der Waals surface area (Å²) in [6.45, 7) is 2.12. The van der Waals surface area contributed by atoms with Crippen molar-refractivity contribution >= 4 is 10.0 Å². The predicted molar refractivity (Wildman–Crippen MR) is 71.6 cm³/mol. The number of benzene rings is 1. The van der Waals surface area contributed by atoms with Gasteiger partial charge in [0.05, 0.1) is 4.90 Å². The molecule has 2 rings (SSSR count). The molecule has 2 unspecified atom stereocenters. The van der Waals surface area contributed by atoms with Crippen LogP contribution in [0.15, 0.2) is 23.1 Å². The van der Waals surface area contributed by atoms with E-state index in [4.69, 9.17) is 5.73 Å². The Balaban J connectivity index is 2.25. The summed E-state index contributed by atoms with van der Waals surface area (Å²) in [5.41, 5.74) is 6.18. The van der Waals surface area contributed by atoms with Crippen molar-refractivity contribution in [2.75, 3.05) is 6.54 Å². The van der Waals surface area contributed by atoms with E-state index in [9.17, 15) is 12.8 Å². The highest BCUT2D eigenvalue weighted by atomic mass is 32.2. The van der Waals surface area contributed by atoms with E-state index in [2.05, 4.69) is 4.72 Å². The second-order valence-electron chi connectivity index (χ2n) is 5.06. The second kappa shape index (κ2) is 5.56. The van der Waals surface area contributed by atoms with Gasteiger partial charge in [0.1, 0.15) is 5.82 Å². The maximum atomic E-state index is 13.2. The highest BCUT2D eigenvalue weighted by Crippen LogP contribution is 2.27. The zero-order valence-electron chi connectivity index (χ0n) is 10.9. The van der Waals surface area contributed by atoms with E-state index >= 15 is 0 Å². The number of aryl methyl sites for hydroxylation is 1. The van der Waals surface area contributed by atoms with Crippen LogP contribution in [0.4, 0.5) is 4.39 Å². The Kier molecular flexibility index (Phi) is 4.23. The first kappa shape index (κ1) is 14.4. The summed E-state index contributed by atoms with van der Waals surface area (Å²) in [6.07, 6.45) is 2.69. The lowest BCUT2D eigenvalue weighted by Crippen LogP contribution is -2.40. The number of halogens is 1. The molecule has 1 aliphatic rings. The number of hydrogen-bond acceptors (Lipinski definition) is 3. The molecule has 1 aliphatic carbocycles. The Bertz CT molecular complexity index is 560. The van der Waals surface area contributed by atoms with Gasteiger partial charge in [-0.2, -0.15) is 0 Å². The molecule has 4 nitrogen and oxygen atoms in total. The molecule has 1 aromatic rings. The lowest BCUT2D eigenvalue weighted by molar-refractivity contribution is 0.452. The van der Waals surface area contributed by atoms with Crippen molar-refractivity contribution in [1.82, 2.24) is 4.72 Å². The fourth-order valence-electron chi connectivity index (χ4n) is 2.60. The Morgan fingerprint density at radius 1 is 1.42 bits per heavy atom. The van der Waals surface area contributed by atoms with Crippen LogP contribution in [0.5, 0.6) is 0 Å². The smallest absolute Gasteiger partial charge is 0.241 e. The molecule has 0 saturated heterocycles. The first-order valence-electron chi connectivity index (χ1n) is 6.42. The van der Waals surface area contributed by atoms with Crippen molar-refractivity contribution in [3.05, 3.63) is 29.6 Å². The predicted octanol–water partition coefficient (Wildman–Crippen LogP) is 1.54. The van der Waals surface area contributed by atoms with Crippen molar-refractivity contribution < 1.29 is 12.8 Å². The molecule has 0 aromatic heterocycles. The summed E-state index contributed by atoms with van der Waals surface area (Å²) < 4.78 is 40.5. The average molecular weight is 286 g/mol. The van der Waals surface area contributed by atoms with E-state index in [0.717, 1.165) is 25.3 Å². The summed E-state index contributed by atoms with van der Waals surface area (Å²) in [5, 5.41) is 0. The SMILES string of the molecule is Cc1ccc(F)cc1S(=O)(=O)NC1CCCC1CN. The molecular weight excluding hydrogens is 267 g/mol. The van der Waals surface area contributed by atoms with Crippen molar-refractivity contribution in [3.63, 3.8) is 0 Å². The van der Waals surface area contributed by atoms with Crippen LogP contribution in [-0.4, -0.2) is 21.0 Å². The van der Waals surface area contributed by atoms with Crippen LogP contribution in [0.25, 0.3) is 0 Å². The lowest BCUT2D eigenvalue weighted by Gasteiger charge is -2.20. The molecule has 106 valence electrons. The van der Waals surface area contributed by atoms with Gasteiger partial charge in [-0.3, -0.25) is 0 Å². The van der Waals surface area contributed by atoms with Crippen LogP contribution in [0.2, 0.25) is 0 Å². The maximum Gasteiger partial charge on any atom is 0.241 e. The van der Waals surface area contributed by atoms with E-state index in [0.29, 0.717) is 12.1 Å². The molecule has 1 saturated carbocycles. The average Bonchev–Trinajstić information content (AvgIpc) is 2.78. The zero-order chi connectivity index (χ0) is 14.0. The molecule has 0 aliphatic heterocycles. The van der Waals surface area contributed by atoms with Gasteiger partial charge in [0.15, 0.2) is 0 Å². The van der Waals surface area contributed by atoms with Crippen LogP contribution in [-0.2, 0) is 10.0 Å². The molecule has 0 radical (unpaired) electrons. The molecule has 0 amide bonds. The zero-order valence-corrected chi connectivity index (χ0v) is 11.7. The van der Waals surface area contributed by atoms with Crippen molar-refractivity contribution in [1.29, 1.82) is 0 Å². The van der Waals surface area contributed by atoms with Crippen LogP contribution in [0, 0.1) is 18.7 Å². The second-order valence-corrected chi connectivity index (χ2v) is 6.75. The van der Waals surface area contributed by atoms with Crippen LogP contribution in [0.3, 0.4) is 0 Å². The Morgan fingerprint density at radius 3 is 2.84 bits per heavy atom. The van der Waals surface area contributed by atoms with Crippen LogP contribution in [0.1, 0.15) is 24.8 Å². The van der Waals surface area contributed by atoms with Crippen LogP contribution < -0.4 is 10.5 Å². The number of sulfonamides is 1. The summed E-state index contributed by atoms with van der Waals surface area (Å²) in [5.74, 6) is -0.378. The third-order valence-electron chi connectivity index (χ3n) is 3.71. The topological polar surface area (TPSA) is 72.2 Å². The summed E-state index contributed by atoms with van der Waals surface area (Å²) >= 11 is 0. The molecule has 0 bridgehead atoms. The van der Waals surface area contributed by atoms with E-state index in [1.165, 1.54) is 12.1 Å². The monoisotopic (exact) mass is 286 g/mol. The summed E-state index contributed by atoms with van der Waals surface area (Å²) in [6, 6.07) is 3.65. The quantitative estimate of drug-likeness (QED) is 0.882. The lowest BCUT2D eigenvalue weighted by atomic mass is 10.1. The molecule has 1 aromatic carbocycles. The van der Waals surface area contributed by atoms with Gasteiger partial charge in [0.25, 0.3) is 0 Å². The molecule has 3 N–H and O–H groups in total. The van der Waals surface area contributed by atoms with E-state index in [-0.39, 0.29) is 16.9 Å². The minimum Gasteiger partial charge on any atom is -0.330 e. The van der Waals surface area contributed by atoms with Gasteiger partial charge in [0.2, 0.25) is 10.0 Å².